The molecule has 8 heteroatoms. The summed E-state index contributed by atoms with van der Waals surface area (Å²) in [7, 11) is -0.576. The van der Waals surface area contributed by atoms with E-state index < -0.39 is 26.6 Å². The van der Waals surface area contributed by atoms with Crippen molar-refractivity contribution < 1.29 is 17.2 Å². The predicted molar refractivity (Wildman–Crippen MR) is 93.9 cm³/mol. The number of sulfonamides is 1. The van der Waals surface area contributed by atoms with Gasteiger partial charge in [0, 0.05) is 25.7 Å². The molecule has 0 saturated carbocycles. The highest BCUT2D eigenvalue weighted by Gasteiger charge is 2.34. The molecule has 142 valence electrons. The Kier molecular flexibility index (Phi) is 6.90. The van der Waals surface area contributed by atoms with Crippen LogP contribution in [0.2, 0.25) is 0 Å². The summed E-state index contributed by atoms with van der Waals surface area (Å²) in [5.41, 5.74) is 0. The molecule has 5 nitrogen and oxygen atoms in total. The molecule has 1 heterocycles. The van der Waals surface area contributed by atoms with Crippen LogP contribution in [0.15, 0.2) is 23.1 Å². The highest BCUT2D eigenvalue weighted by Crippen LogP contribution is 2.25. The van der Waals surface area contributed by atoms with E-state index in [2.05, 4.69) is 4.90 Å². The molecule has 1 aliphatic rings. The monoisotopic (exact) mass is 375 g/mol. The minimum absolute atomic E-state index is 0.0803. The number of nitrogens with zero attached hydrogens (tertiary/aromatic N) is 3. The van der Waals surface area contributed by atoms with Crippen molar-refractivity contribution in [1.29, 1.82) is 0 Å². The van der Waals surface area contributed by atoms with Crippen molar-refractivity contribution in [1.82, 2.24) is 14.1 Å². The maximum absolute atomic E-state index is 14.1. The van der Waals surface area contributed by atoms with Crippen LogP contribution in [0.1, 0.15) is 19.8 Å². The van der Waals surface area contributed by atoms with Gasteiger partial charge >= 0.3 is 0 Å². The van der Waals surface area contributed by atoms with Gasteiger partial charge in [-0.25, -0.2) is 17.2 Å². The molecule has 1 fully saturated rings. The standard InChI is InChI=1S/C17H27F2N3O2S/c1-4-21-10-6-7-14(21)13-22(12-11-20(2)3)25(23,24)17-15(18)8-5-9-16(17)19/h5,8-9,14H,4,6-7,10-13H2,1-3H3/t14-/m1/s1. The van der Waals surface area contributed by atoms with E-state index in [4.69, 9.17) is 0 Å². The number of likely N-dealkylation sites (N-methyl/N-ethyl adjacent to an activating group) is 2. The Morgan fingerprint density at radius 1 is 1.20 bits per heavy atom. The molecule has 0 bridgehead atoms. The third-order valence-electron chi connectivity index (χ3n) is 4.63. The van der Waals surface area contributed by atoms with Crippen LogP contribution < -0.4 is 0 Å². The zero-order chi connectivity index (χ0) is 18.6. The summed E-state index contributed by atoms with van der Waals surface area (Å²) in [6.45, 7) is 4.72. The highest BCUT2D eigenvalue weighted by atomic mass is 32.2. The van der Waals surface area contributed by atoms with Crippen molar-refractivity contribution in [3.8, 4) is 0 Å². The Morgan fingerprint density at radius 2 is 1.84 bits per heavy atom. The van der Waals surface area contributed by atoms with Gasteiger partial charge in [0.05, 0.1) is 0 Å². The summed E-state index contributed by atoms with van der Waals surface area (Å²) >= 11 is 0. The minimum Gasteiger partial charge on any atom is -0.308 e. The van der Waals surface area contributed by atoms with Gasteiger partial charge in [-0.2, -0.15) is 4.31 Å². The van der Waals surface area contributed by atoms with Crippen molar-refractivity contribution in [3.05, 3.63) is 29.8 Å². The van der Waals surface area contributed by atoms with E-state index >= 15 is 0 Å². The first-order valence-corrected chi connectivity index (χ1v) is 10.0. The summed E-state index contributed by atoms with van der Waals surface area (Å²) < 4.78 is 55.4. The zero-order valence-corrected chi connectivity index (χ0v) is 15.9. The van der Waals surface area contributed by atoms with E-state index in [1.807, 2.05) is 25.9 Å². The van der Waals surface area contributed by atoms with Gasteiger partial charge in [0.1, 0.15) is 11.6 Å². The van der Waals surface area contributed by atoms with Gasteiger partial charge in [0.2, 0.25) is 10.0 Å². The molecule has 0 unspecified atom stereocenters. The lowest BCUT2D eigenvalue weighted by Crippen LogP contribution is -2.45. The van der Waals surface area contributed by atoms with E-state index in [-0.39, 0.29) is 19.1 Å². The molecule has 0 aromatic heterocycles. The van der Waals surface area contributed by atoms with Crippen molar-refractivity contribution in [3.63, 3.8) is 0 Å². The van der Waals surface area contributed by atoms with Crippen LogP contribution in [0.5, 0.6) is 0 Å². The van der Waals surface area contributed by atoms with Crippen LogP contribution in [0.4, 0.5) is 8.78 Å². The number of rotatable bonds is 8. The topological polar surface area (TPSA) is 43.9 Å². The van der Waals surface area contributed by atoms with Crippen LogP contribution in [0, 0.1) is 11.6 Å². The highest BCUT2D eigenvalue weighted by molar-refractivity contribution is 7.89. The summed E-state index contributed by atoms with van der Waals surface area (Å²) in [6, 6.07) is 3.21. The molecule has 1 atom stereocenters. The maximum atomic E-state index is 14.1. The molecule has 0 amide bonds. The second-order valence-electron chi connectivity index (χ2n) is 6.64. The number of halogens is 2. The van der Waals surface area contributed by atoms with Gasteiger partial charge in [-0.05, 0) is 52.2 Å². The lowest BCUT2D eigenvalue weighted by molar-refractivity contribution is 0.219. The van der Waals surface area contributed by atoms with Crippen LogP contribution in [-0.2, 0) is 10.0 Å². The van der Waals surface area contributed by atoms with E-state index in [1.165, 1.54) is 10.4 Å². The van der Waals surface area contributed by atoms with Crippen LogP contribution >= 0.6 is 0 Å². The Bertz CT molecular complexity index is 662. The summed E-state index contributed by atoms with van der Waals surface area (Å²) in [6.07, 6.45) is 1.90. The number of benzene rings is 1. The first-order valence-electron chi connectivity index (χ1n) is 8.60. The molecule has 0 spiro atoms. The molecule has 25 heavy (non-hydrogen) atoms. The quantitative estimate of drug-likeness (QED) is 0.697. The van der Waals surface area contributed by atoms with Gasteiger partial charge in [-0.1, -0.05) is 13.0 Å². The minimum atomic E-state index is -4.25. The SMILES string of the molecule is CCN1CCC[C@@H]1CN(CCN(C)C)S(=O)(=O)c1c(F)cccc1F. The maximum Gasteiger partial charge on any atom is 0.249 e. The van der Waals surface area contributed by atoms with E-state index in [0.29, 0.717) is 6.54 Å². The first kappa shape index (κ1) is 20.2. The van der Waals surface area contributed by atoms with Gasteiger partial charge in [0.15, 0.2) is 4.90 Å². The van der Waals surface area contributed by atoms with Gasteiger partial charge in [-0.15, -0.1) is 0 Å². The van der Waals surface area contributed by atoms with Gasteiger partial charge < -0.3 is 4.90 Å². The Balaban J connectivity index is 2.33. The fourth-order valence-corrected chi connectivity index (χ4v) is 4.81. The Hall–Kier alpha value is -1.09. The smallest absolute Gasteiger partial charge is 0.249 e. The first-order chi connectivity index (χ1) is 11.8. The molecular weight excluding hydrogens is 348 g/mol. The van der Waals surface area contributed by atoms with E-state index in [0.717, 1.165) is 38.1 Å². The zero-order valence-electron chi connectivity index (χ0n) is 15.1. The average molecular weight is 375 g/mol. The third kappa shape index (κ3) is 4.75. The number of likely N-dealkylation sites (tertiary alicyclic amines) is 1. The second-order valence-corrected chi connectivity index (χ2v) is 8.52. The fraction of sp³-hybridized carbons (Fsp3) is 0.647. The van der Waals surface area contributed by atoms with Crippen molar-refractivity contribution in [2.45, 2.75) is 30.7 Å². The molecular formula is C17H27F2N3O2S. The number of hydrogen-bond acceptors (Lipinski definition) is 4. The molecule has 0 aliphatic carbocycles. The summed E-state index contributed by atoms with van der Waals surface area (Å²) in [4.78, 5) is 3.22. The molecule has 1 aromatic rings. The molecule has 1 saturated heterocycles. The van der Waals surface area contributed by atoms with Crippen LogP contribution in [0.25, 0.3) is 0 Å². The van der Waals surface area contributed by atoms with Crippen LogP contribution in [0.3, 0.4) is 0 Å². The lowest BCUT2D eigenvalue weighted by Gasteiger charge is -2.30. The van der Waals surface area contributed by atoms with Crippen LogP contribution in [-0.4, -0.2) is 75.4 Å². The lowest BCUT2D eigenvalue weighted by atomic mass is 10.2. The molecule has 1 aromatic carbocycles. The molecule has 2 rings (SSSR count). The largest absolute Gasteiger partial charge is 0.308 e. The second kappa shape index (κ2) is 8.53. The molecule has 0 radical (unpaired) electrons. The molecule has 1 aliphatic heterocycles. The Morgan fingerprint density at radius 3 is 2.40 bits per heavy atom. The summed E-state index contributed by atoms with van der Waals surface area (Å²) in [5.74, 6) is -2.10. The normalized spacial score (nSPS) is 19.2. The summed E-state index contributed by atoms with van der Waals surface area (Å²) in [5, 5.41) is 0. The van der Waals surface area contributed by atoms with Crippen molar-refractivity contribution in [2.24, 2.45) is 0 Å². The number of hydrogen-bond donors (Lipinski definition) is 0. The van der Waals surface area contributed by atoms with Crippen molar-refractivity contribution >= 4 is 10.0 Å². The third-order valence-corrected chi connectivity index (χ3v) is 6.55. The van der Waals surface area contributed by atoms with Crippen molar-refractivity contribution in [2.75, 3.05) is 46.8 Å². The predicted octanol–water partition coefficient (Wildman–Crippen LogP) is 2.00. The van der Waals surface area contributed by atoms with E-state index in [9.17, 15) is 17.2 Å². The van der Waals surface area contributed by atoms with Gasteiger partial charge in [-0.3, -0.25) is 4.90 Å². The fourth-order valence-electron chi connectivity index (χ4n) is 3.23. The Labute approximate surface area is 149 Å². The van der Waals surface area contributed by atoms with Gasteiger partial charge in [0.25, 0.3) is 0 Å². The molecule has 0 N–H and O–H groups in total. The average Bonchev–Trinajstić information content (AvgIpc) is 2.97. The van der Waals surface area contributed by atoms with E-state index in [1.54, 1.807) is 0 Å².